The Balaban J connectivity index is 1.25. The van der Waals surface area contributed by atoms with Gasteiger partial charge in [0.15, 0.2) is 17.3 Å². The number of nitrogens with zero attached hydrogens (tertiary/aromatic N) is 4. The number of anilines is 1. The van der Waals surface area contributed by atoms with E-state index in [4.69, 9.17) is 4.74 Å². The summed E-state index contributed by atoms with van der Waals surface area (Å²) in [5, 5.41) is 8.16. The molecule has 2 N–H and O–H groups in total. The van der Waals surface area contributed by atoms with Crippen molar-refractivity contribution in [1.82, 2.24) is 20.1 Å². The maximum absolute atomic E-state index is 16.2. The number of aliphatic imine (C=N–C) groups is 1. The van der Waals surface area contributed by atoms with E-state index in [1.165, 1.54) is 6.07 Å². The van der Waals surface area contributed by atoms with E-state index in [2.05, 4.69) is 32.7 Å². The van der Waals surface area contributed by atoms with E-state index in [0.29, 0.717) is 55.4 Å². The molecule has 8 rings (SSSR count). The summed E-state index contributed by atoms with van der Waals surface area (Å²) in [6.45, 7) is 4.61. The number of halogens is 1. The van der Waals surface area contributed by atoms with Crippen LogP contribution in [0, 0.1) is 11.7 Å². The average molecular weight is 591 g/mol. The van der Waals surface area contributed by atoms with E-state index in [9.17, 15) is 9.59 Å². The topological polar surface area (TPSA) is 91.2 Å². The molecule has 0 bridgehead atoms. The number of ether oxygens (including phenoxy) is 1. The van der Waals surface area contributed by atoms with Crippen molar-refractivity contribution in [3.8, 4) is 17.2 Å². The first-order valence-electron chi connectivity index (χ1n) is 15.0. The Bertz CT molecular complexity index is 1990. The van der Waals surface area contributed by atoms with Crippen molar-refractivity contribution in [1.29, 1.82) is 0 Å². The lowest BCUT2D eigenvalue weighted by Crippen LogP contribution is -2.36. The van der Waals surface area contributed by atoms with Crippen LogP contribution in [0.4, 0.5) is 10.1 Å². The lowest BCUT2D eigenvalue weighted by atomic mass is 10.0. The van der Waals surface area contributed by atoms with Gasteiger partial charge in [-0.05, 0) is 35.4 Å². The maximum atomic E-state index is 16.2. The molecule has 9 nitrogen and oxygen atoms in total. The van der Waals surface area contributed by atoms with Gasteiger partial charge < -0.3 is 24.8 Å². The van der Waals surface area contributed by atoms with E-state index in [0.717, 1.165) is 36.0 Å². The third kappa shape index (κ3) is 4.44. The smallest absolute Gasteiger partial charge is 0.256 e. The Labute approximate surface area is 252 Å². The largest absolute Gasteiger partial charge is 0.451 e. The van der Waals surface area contributed by atoms with Crippen molar-refractivity contribution in [2.45, 2.75) is 6.42 Å². The fraction of sp³-hybridized carbons (Fsp3) is 0.265. The Morgan fingerprint density at radius 1 is 1.14 bits per heavy atom. The molecular formula is C34H31FN6O3. The standard InChI is InChI=1S/C34H31FN6O3/c35-26-17-24-30-33(31(26)40-13-7-23(19-40)27-18-36-8-9-37-27)44-29-16-22-6-2-1-5-21(22)15-28(29)41(30)20-25(32(24)42)34(43)38-10-14-39-11-3-4-12-39/h1-6,9,15-18,20,23,36H,7-8,10-14,19H2,(H,38,43). The third-order valence-electron chi connectivity index (χ3n) is 8.94. The van der Waals surface area contributed by atoms with E-state index < -0.39 is 17.2 Å². The zero-order valence-electron chi connectivity index (χ0n) is 24.1. The first-order chi connectivity index (χ1) is 21.5. The summed E-state index contributed by atoms with van der Waals surface area (Å²) in [5.74, 6) is -0.0937. The van der Waals surface area contributed by atoms with Crippen LogP contribution in [0.5, 0.6) is 11.5 Å². The van der Waals surface area contributed by atoms with Crippen LogP contribution in [-0.4, -0.2) is 67.4 Å². The van der Waals surface area contributed by atoms with Crippen molar-refractivity contribution >= 4 is 39.5 Å². The van der Waals surface area contributed by atoms with Crippen LogP contribution in [0.15, 0.2) is 82.5 Å². The van der Waals surface area contributed by atoms with Crippen LogP contribution in [0.25, 0.3) is 27.4 Å². The Hall–Kier alpha value is -4.96. The number of hydrogen-bond acceptors (Lipinski definition) is 7. The number of amides is 1. The fourth-order valence-electron chi connectivity index (χ4n) is 6.71. The van der Waals surface area contributed by atoms with Crippen LogP contribution in [0.2, 0.25) is 0 Å². The SMILES string of the molecule is O=C(NCCN1CC=CC1)c1cn2c3c(c(N4CCC(C5=CNCC=N5)C4)c(F)cc3c1=O)Oc1cc3ccccc3cc1-2. The molecule has 1 amide bonds. The minimum atomic E-state index is -0.556. The summed E-state index contributed by atoms with van der Waals surface area (Å²) in [4.78, 5) is 36.0. The number of carbonyl (C=O) groups is 1. The van der Waals surface area contributed by atoms with Gasteiger partial charge in [0, 0.05) is 70.3 Å². The average Bonchev–Trinajstić information content (AvgIpc) is 3.75. The molecule has 1 fully saturated rings. The lowest BCUT2D eigenvalue weighted by Gasteiger charge is -2.29. The van der Waals surface area contributed by atoms with Gasteiger partial charge >= 0.3 is 0 Å². The van der Waals surface area contributed by atoms with Crippen molar-refractivity contribution in [2.24, 2.45) is 10.9 Å². The predicted octanol–water partition coefficient (Wildman–Crippen LogP) is 4.33. The quantitative estimate of drug-likeness (QED) is 0.286. The van der Waals surface area contributed by atoms with Gasteiger partial charge in [0.25, 0.3) is 5.91 Å². The molecule has 0 aliphatic carbocycles. The minimum Gasteiger partial charge on any atom is -0.451 e. The van der Waals surface area contributed by atoms with Crippen LogP contribution in [0.3, 0.4) is 0 Å². The summed E-state index contributed by atoms with van der Waals surface area (Å²) >= 11 is 0. The zero-order valence-corrected chi connectivity index (χ0v) is 24.1. The van der Waals surface area contributed by atoms with Gasteiger partial charge in [0.2, 0.25) is 5.43 Å². The molecule has 222 valence electrons. The van der Waals surface area contributed by atoms with Crippen molar-refractivity contribution in [2.75, 3.05) is 50.7 Å². The Morgan fingerprint density at radius 3 is 2.75 bits per heavy atom. The molecule has 4 aliphatic heterocycles. The van der Waals surface area contributed by atoms with E-state index in [1.807, 2.05) is 58.3 Å². The second-order valence-electron chi connectivity index (χ2n) is 11.7. The molecule has 1 saturated heterocycles. The van der Waals surface area contributed by atoms with Crippen LogP contribution < -0.4 is 25.7 Å². The highest BCUT2D eigenvalue weighted by Crippen LogP contribution is 2.48. The number of nitrogens with one attached hydrogen (secondary N) is 2. The monoisotopic (exact) mass is 590 g/mol. The molecule has 44 heavy (non-hydrogen) atoms. The van der Waals surface area contributed by atoms with Gasteiger partial charge in [0.1, 0.15) is 16.8 Å². The Morgan fingerprint density at radius 2 is 1.95 bits per heavy atom. The molecule has 0 saturated carbocycles. The molecule has 4 aromatic rings. The summed E-state index contributed by atoms with van der Waals surface area (Å²) in [5.41, 5.74) is 1.84. The number of benzene rings is 3. The molecule has 0 radical (unpaired) electrons. The molecule has 0 spiro atoms. The summed E-state index contributed by atoms with van der Waals surface area (Å²) in [6.07, 6.45) is 10.3. The zero-order chi connectivity index (χ0) is 29.8. The molecule has 1 unspecified atom stereocenters. The molecule has 1 aromatic heterocycles. The summed E-state index contributed by atoms with van der Waals surface area (Å²) in [7, 11) is 0. The van der Waals surface area contributed by atoms with Crippen molar-refractivity contribution in [3.05, 3.63) is 94.3 Å². The first-order valence-corrected chi connectivity index (χ1v) is 15.0. The molecule has 4 aliphatic rings. The highest BCUT2D eigenvalue weighted by Gasteiger charge is 2.34. The number of hydrogen-bond donors (Lipinski definition) is 2. The lowest BCUT2D eigenvalue weighted by molar-refractivity contribution is 0.0948. The first kappa shape index (κ1) is 26.7. The van der Waals surface area contributed by atoms with E-state index in [1.54, 1.807) is 6.20 Å². The van der Waals surface area contributed by atoms with Crippen LogP contribution in [0.1, 0.15) is 16.8 Å². The van der Waals surface area contributed by atoms with Crippen molar-refractivity contribution in [3.63, 3.8) is 0 Å². The normalized spacial score (nSPS) is 18.8. The van der Waals surface area contributed by atoms with Gasteiger partial charge in [-0.15, -0.1) is 0 Å². The van der Waals surface area contributed by atoms with Gasteiger partial charge in [-0.2, -0.15) is 0 Å². The number of fused-ring (bicyclic) bond motifs is 3. The van der Waals surface area contributed by atoms with Gasteiger partial charge in [-0.25, -0.2) is 4.39 Å². The summed E-state index contributed by atoms with van der Waals surface area (Å²) < 4.78 is 24.6. The van der Waals surface area contributed by atoms with Gasteiger partial charge in [0.05, 0.1) is 16.8 Å². The summed E-state index contributed by atoms with van der Waals surface area (Å²) in [6, 6.07) is 13.1. The van der Waals surface area contributed by atoms with Crippen LogP contribution >= 0.6 is 0 Å². The van der Waals surface area contributed by atoms with Gasteiger partial charge in [-0.3, -0.25) is 19.5 Å². The Kier molecular flexibility index (Phi) is 6.44. The van der Waals surface area contributed by atoms with Crippen molar-refractivity contribution < 1.29 is 13.9 Å². The van der Waals surface area contributed by atoms with E-state index >= 15 is 4.39 Å². The number of aromatic nitrogens is 1. The van der Waals surface area contributed by atoms with Gasteiger partial charge in [-0.1, -0.05) is 36.4 Å². The van der Waals surface area contributed by atoms with Crippen LogP contribution in [-0.2, 0) is 0 Å². The molecule has 3 aromatic carbocycles. The second-order valence-corrected chi connectivity index (χ2v) is 11.7. The highest BCUT2D eigenvalue weighted by atomic mass is 19.1. The second kappa shape index (κ2) is 10.6. The predicted molar refractivity (Wildman–Crippen MR) is 170 cm³/mol. The molecule has 10 heteroatoms. The number of rotatable bonds is 6. The fourth-order valence-corrected chi connectivity index (χ4v) is 6.71. The molecular weight excluding hydrogens is 559 g/mol. The minimum absolute atomic E-state index is 0.0352. The molecule has 1 atom stereocenters. The van der Waals surface area contributed by atoms with E-state index in [-0.39, 0.29) is 22.6 Å². The third-order valence-corrected chi connectivity index (χ3v) is 8.94. The number of pyridine rings is 1. The molecule has 5 heterocycles. The maximum Gasteiger partial charge on any atom is 0.256 e. The highest BCUT2D eigenvalue weighted by molar-refractivity contribution is 6.02. The number of carbonyl (C=O) groups excluding carboxylic acids is 1.